The third-order valence-electron chi connectivity index (χ3n) is 2.22. The minimum Gasteiger partial charge on any atom is -0.496 e. The predicted molar refractivity (Wildman–Crippen MR) is 69.9 cm³/mol. The van der Waals surface area contributed by atoms with E-state index in [1.807, 2.05) is 55.5 Å². The van der Waals surface area contributed by atoms with Crippen molar-refractivity contribution in [3.05, 3.63) is 48.2 Å². The van der Waals surface area contributed by atoms with Gasteiger partial charge in [-0.05, 0) is 30.0 Å². The van der Waals surface area contributed by atoms with E-state index in [2.05, 4.69) is 0 Å². The van der Waals surface area contributed by atoms with Crippen LogP contribution in [-0.4, -0.2) is 32.4 Å². The second kappa shape index (κ2) is 6.53. The molecule has 0 heterocycles. The average Bonchev–Trinajstić information content (AvgIpc) is 2.34. The van der Waals surface area contributed by atoms with Gasteiger partial charge in [0.25, 0.3) is 0 Å². The molecular formula is C14H17NO2. The molecular weight excluding hydrogens is 214 g/mol. The quantitative estimate of drug-likeness (QED) is 0.442. The number of methoxy groups -OCH3 is 1. The third-order valence-corrected chi connectivity index (χ3v) is 2.22. The Balaban J connectivity index is 3.14. The third kappa shape index (κ3) is 3.79. The van der Waals surface area contributed by atoms with Crippen LogP contribution in [0.3, 0.4) is 0 Å². The number of rotatable bonds is 5. The molecule has 0 unspecified atom stereocenters. The van der Waals surface area contributed by atoms with Gasteiger partial charge in [0.15, 0.2) is 0 Å². The van der Waals surface area contributed by atoms with Gasteiger partial charge in [-0.3, -0.25) is 4.79 Å². The van der Waals surface area contributed by atoms with Crippen LogP contribution in [0.2, 0.25) is 0 Å². The Morgan fingerprint density at radius 1 is 1.29 bits per heavy atom. The first-order chi connectivity index (χ1) is 8.19. The summed E-state index contributed by atoms with van der Waals surface area (Å²) in [6.07, 6.45) is 6.08. The zero-order chi connectivity index (χ0) is 12.7. The van der Waals surface area contributed by atoms with Gasteiger partial charge in [0.1, 0.15) is 12.0 Å². The summed E-state index contributed by atoms with van der Waals surface area (Å²) >= 11 is 0. The molecule has 90 valence electrons. The molecule has 0 spiro atoms. The fourth-order valence-corrected chi connectivity index (χ4v) is 1.42. The van der Waals surface area contributed by atoms with Crippen molar-refractivity contribution < 1.29 is 9.53 Å². The van der Waals surface area contributed by atoms with Crippen molar-refractivity contribution in [1.82, 2.24) is 4.90 Å². The van der Waals surface area contributed by atoms with E-state index in [0.29, 0.717) is 0 Å². The molecule has 0 aliphatic rings. The van der Waals surface area contributed by atoms with Gasteiger partial charge in [-0.2, -0.15) is 0 Å². The molecule has 17 heavy (non-hydrogen) atoms. The second-order valence-electron chi connectivity index (χ2n) is 3.74. The van der Waals surface area contributed by atoms with Crippen molar-refractivity contribution >= 4 is 11.9 Å². The minimum atomic E-state index is 0.754. The number of para-hydroxylation sites is 1. The molecule has 3 heteroatoms. The number of hydrogen-bond acceptors (Lipinski definition) is 3. The molecule has 1 rings (SSSR count). The number of carbonyl (C=O) groups excluding carboxylic acids is 1. The molecule has 0 atom stereocenters. The Kier molecular flexibility index (Phi) is 5.01. The molecule has 0 radical (unpaired) electrons. The fraction of sp³-hybridized carbons (Fsp3) is 0.214. The highest BCUT2D eigenvalue weighted by atomic mass is 16.5. The summed E-state index contributed by atoms with van der Waals surface area (Å²) in [6, 6.07) is 7.61. The van der Waals surface area contributed by atoms with Gasteiger partial charge in [0.2, 0.25) is 0 Å². The smallest absolute Gasteiger partial charge is 0.143 e. The van der Waals surface area contributed by atoms with E-state index < -0.39 is 0 Å². The molecule has 0 aromatic heterocycles. The highest BCUT2D eigenvalue weighted by molar-refractivity contribution is 5.88. The molecule has 1 aromatic rings. The van der Waals surface area contributed by atoms with E-state index in [9.17, 15) is 4.79 Å². The lowest BCUT2D eigenvalue weighted by molar-refractivity contribution is -0.104. The van der Waals surface area contributed by atoms with Crippen molar-refractivity contribution in [2.75, 3.05) is 21.2 Å². The molecule has 0 N–H and O–H groups in total. The summed E-state index contributed by atoms with van der Waals surface area (Å²) in [5.41, 5.74) is 1.73. The molecule has 0 saturated heterocycles. The van der Waals surface area contributed by atoms with E-state index in [1.165, 1.54) is 6.08 Å². The van der Waals surface area contributed by atoms with Crippen LogP contribution in [0.25, 0.3) is 5.57 Å². The molecule has 1 aromatic carbocycles. The Hall–Kier alpha value is -2.03. The Bertz CT molecular complexity index is 434. The summed E-state index contributed by atoms with van der Waals surface area (Å²) in [4.78, 5) is 12.6. The SMILES string of the molecule is COc1ccccc1/C(C=CN(C)C)=C/C=O. The Morgan fingerprint density at radius 3 is 2.59 bits per heavy atom. The first-order valence-corrected chi connectivity index (χ1v) is 5.32. The van der Waals surface area contributed by atoms with Crippen LogP contribution in [0.4, 0.5) is 0 Å². The van der Waals surface area contributed by atoms with Crippen molar-refractivity contribution in [2.45, 2.75) is 0 Å². The van der Waals surface area contributed by atoms with E-state index >= 15 is 0 Å². The van der Waals surface area contributed by atoms with Crippen LogP contribution in [-0.2, 0) is 4.79 Å². The van der Waals surface area contributed by atoms with Gasteiger partial charge in [0, 0.05) is 19.7 Å². The van der Waals surface area contributed by atoms with E-state index in [0.717, 1.165) is 23.2 Å². The summed E-state index contributed by atoms with van der Waals surface area (Å²) in [7, 11) is 5.47. The topological polar surface area (TPSA) is 29.5 Å². The summed E-state index contributed by atoms with van der Waals surface area (Å²) in [5, 5.41) is 0. The first kappa shape index (κ1) is 13.0. The summed E-state index contributed by atoms with van der Waals surface area (Å²) in [5.74, 6) is 0.754. The molecule has 0 aliphatic carbocycles. The van der Waals surface area contributed by atoms with Gasteiger partial charge >= 0.3 is 0 Å². The maximum atomic E-state index is 10.7. The monoisotopic (exact) mass is 231 g/mol. The number of nitrogens with zero attached hydrogens (tertiary/aromatic N) is 1. The normalized spacial score (nSPS) is 11.6. The maximum Gasteiger partial charge on any atom is 0.143 e. The lowest BCUT2D eigenvalue weighted by Gasteiger charge is -2.09. The summed E-state index contributed by atoms with van der Waals surface area (Å²) in [6.45, 7) is 0. The molecule has 0 fully saturated rings. The highest BCUT2D eigenvalue weighted by Gasteiger charge is 2.04. The maximum absolute atomic E-state index is 10.7. The van der Waals surface area contributed by atoms with E-state index in [-0.39, 0.29) is 0 Å². The van der Waals surface area contributed by atoms with Gasteiger partial charge in [-0.15, -0.1) is 0 Å². The fourth-order valence-electron chi connectivity index (χ4n) is 1.42. The van der Waals surface area contributed by atoms with Crippen molar-refractivity contribution in [2.24, 2.45) is 0 Å². The molecule has 0 aliphatic heterocycles. The summed E-state index contributed by atoms with van der Waals surface area (Å²) < 4.78 is 5.28. The van der Waals surface area contributed by atoms with Crippen LogP contribution in [0.5, 0.6) is 5.75 Å². The Labute approximate surface area is 102 Å². The largest absolute Gasteiger partial charge is 0.496 e. The van der Waals surface area contributed by atoms with Gasteiger partial charge in [-0.1, -0.05) is 18.2 Å². The highest BCUT2D eigenvalue weighted by Crippen LogP contribution is 2.26. The molecule has 0 saturated carbocycles. The standard InChI is InChI=1S/C14H17NO2/c1-15(2)10-8-12(9-11-16)13-6-4-5-7-14(13)17-3/h4-11H,1-3H3/b10-8?,12-9+. The molecule has 0 bridgehead atoms. The number of aldehydes is 1. The van der Waals surface area contributed by atoms with Crippen LogP contribution in [0.1, 0.15) is 5.56 Å². The average molecular weight is 231 g/mol. The predicted octanol–water partition coefficient (Wildman–Crippen LogP) is 2.35. The van der Waals surface area contributed by atoms with Crippen LogP contribution in [0.15, 0.2) is 42.6 Å². The Morgan fingerprint density at radius 2 is 2.00 bits per heavy atom. The van der Waals surface area contributed by atoms with E-state index in [4.69, 9.17) is 4.74 Å². The number of carbonyl (C=O) groups is 1. The number of allylic oxidation sites excluding steroid dienone is 3. The van der Waals surface area contributed by atoms with Crippen LogP contribution in [0, 0.1) is 0 Å². The lowest BCUT2D eigenvalue weighted by Crippen LogP contribution is -2.00. The minimum absolute atomic E-state index is 0.754. The zero-order valence-electron chi connectivity index (χ0n) is 10.4. The molecule has 0 amide bonds. The number of ether oxygens (including phenoxy) is 1. The zero-order valence-corrected chi connectivity index (χ0v) is 10.4. The van der Waals surface area contributed by atoms with Gasteiger partial charge < -0.3 is 9.64 Å². The lowest BCUT2D eigenvalue weighted by atomic mass is 10.0. The number of hydrogen-bond donors (Lipinski definition) is 0. The second-order valence-corrected chi connectivity index (χ2v) is 3.74. The van der Waals surface area contributed by atoms with E-state index in [1.54, 1.807) is 7.11 Å². The number of benzene rings is 1. The van der Waals surface area contributed by atoms with Gasteiger partial charge in [-0.25, -0.2) is 0 Å². The van der Waals surface area contributed by atoms with Crippen molar-refractivity contribution in [3.63, 3.8) is 0 Å². The van der Waals surface area contributed by atoms with Crippen LogP contribution >= 0.6 is 0 Å². The first-order valence-electron chi connectivity index (χ1n) is 5.32. The van der Waals surface area contributed by atoms with Crippen molar-refractivity contribution in [1.29, 1.82) is 0 Å². The van der Waals surface area contributed by atoms with Crippen molar-refractivity contribution in [3.8, 4) is 5.75 Å². The van der Waals surface area contributed by atoms with Gasteiger partial charge in [0.05, 0.1) is 7.11 Å². The molecule has 3 nitrogen and oxygen atoms in total. The van der Waals surface area contributed by atoms with Crippen LogP contribution < -0.4 is 4.74 Å².